The van der Waals surface area contributed by atoms with Crippen molar-refractivity contribution in [3.8, 4) is 5.75 Å². The van der Waals surface area contributed by atoms with E-state index >= 15 is 0 Å². The van der Waals surface area contributed by atoms with Crippen molar-refractivity contribution in [2.24, 2.45) is 5.92 Å². The number of rotatable bonds is 2. The molecule has 0 aliphatic carbocycles. The van der Waals surface area contributed by atoms with E-state index in [1.165, 1.54) is 12.1 Å². The van der Waals surface area contributed by atoms with Crippen LogP contribution >= 0.6 is 0 Å². The molecule has 1 heterocycles. The monoisotopic (exact) mass is 239 g/mol. The third-order valence-corrected chi connectivity index (χ3v) is 2.75. The van der Waals surface area contributed by atoms with Crippen LogP contribution in [0.4, 0.5) is 10.1 Å². The predicted octanol–water partition coefficient (Wildman–Crippen LogP) is 1.90. The number of halogens is 1. The van der Waals surface area contributed by atoms with Gasteiger partial charge >= 0.3 is 0 Å². The van der Waals surface area contributed by atoms with Gasteiger partial charge in [0.15, 0.2) is 11.6 Å². The summed E-state index contributed by atoms with van der Waals surface area (Å²) in [5.41, 5.74) is 0.343. The maximum atomic E-state index is 13.0. The summed E-state index contributed by atoms with van der Waals surface area (Å²) in [7, 11) is 0. The molecule has 0 aromatic heterocycles. The SMILES string of the molecule is O=C(Nc1ccc(O)c(F)c1)C1CCCOC1. The molecule has 1 amide bonds. The number of hydrogen-bond acceptors (Lipinski definition) is 3. The lowest BCUT2D eigenvalue weighted by atomic mass is 10.0. The summed E-state index contributed by atoms with van der Waals surface area (Å²) in [6, 6.07) is 3.76. The summed E-state index contributed by atoms with van der Waals surface area (Å²) in [5, 5.41) is 11.6. The number of phenolic OH excluding ortho intramolecular Hbond substituents is 1. The third kappa shape index (κ3) is 2.94. The fourth-order valence-corrected chi connectivity index (χ4v) is 1.78. The van der Waals surface area contributed by atoms with Crippen molar-refractivity contribution in [2.75, 3.05) is 18.5 Å². The molecule has 92 valence electrons. The maximum Gasteiger partial charge on any atom is 0.229 e. The van der Waals surface area contributed by atoms with Crippen molar-refractivity contribution in [1.29, 1.82) is 0 Å². The van der Waals surface area contributed by atoms with E-state index in [2.05, 4.69) is 5.32 Å². The fourth-order valence-electron chi connectivity index (χ4n) is 1.78. The maximum absolute atomic E-state index is 13.0. The average Bonchev–Trinajstić information content (AvgIpc) is 2.35. The molecule has 17 heavy (non-hydrogen) atoms. The predicted molar refractivity (Wildman–Crippen MR) is 60.2 cm³/mol. The molecule has 1 atom stereocenters. The Labute approximate surface area is 98.4 Å². The highest BCUT2D eigenvalue weighted by Gasteiger charge is 2.21. The molecule has 2 rings (SSSR count). The first kappa shape index (κ1) is 11.9. The van der Waals surface area contributed by atoms with Gasteiger partial charge in [-0.1, -0.05) is 0 Å². The van der Waals surface area contributed by atoms with Crippen molar-refractivity contribution in [2.45, 2.75) is 12.8 Å². The molecule has 0 spiro atoms. The van der Waals surface area contributed by atoms with Crippen LogP contribution < -0.4 is 5.32 Å². The van der Waals surface area contributed by atoms with Crippen molar-refractivity contribution in [3.63, 3.8) is 0 Å². The van der Waals surface area contributed by atoms with Crippen LogP contribution in [-0.2, 0) is 9.53 Å². The molecule has 1 saturated heterocycles. The van der Waals surface area contributed by atoms with Gasteiger partial charge in [-0.05, 0) is 25.0 Å². The molecule has 1 aromatic carbocycles. The minimum Gasteiger partial charge on any atom is -0.505 e. The number of carbonyl (C=O) groups excluding carboxylic acids is 1. The van der Waals surface area contributed by atoms with Crippen LogP contribution in [-0.4, -0.2) is 24.2 Å². The van der Waals surface area contributed by atoms with E-state index in [0.29, 0.717) is 18.9 Å². The van der Waals surface area contributed by atoms with Gasteiger partial charge in [0, 0.05) is 18.4 Å². The van der Waals surface area contributed by atoms with Gasteiger partial charge in [0.05, 0.1) is 12.5 Å². The average molecular weight is 239 g/mol. The molecular weight excluding hydrogens is 225 g/mol. The lowest BCUT2D eigenvalue weighted by molar-refractivity contribution is -0.123. The van der Waals surface area contributed by atoms with E-state index in [0.717, 1.165) is 18.9 Å². The summed E-state index contributed by atoms with van der Waals surface area (Å²) >= 11 is 0. The Morgan fingerprint density at radius 3 is 3.00 bits per heavy atom. The number of nitrogens with one attached hydrogen (secondary N) is 1. The van der Waals surface area contributed by atoms with E-state index in [1.807, 2.05) is 0 Å². The Morgan fingerprint density at radius 1 is 1.53 bits per heavy atom. The first-order valence-corrected chi connectivity index (χ1v) is 5.54. The number of carbonyl (C=O) groups is 1. The number of hydrogen-bond donors (Lipinski definition) is 2. The van der Waals surface area contributed by atoms with Gasteiger partial charge in [-0.3, -0.25) is 4.79 Å². The molecule has 5 heteroatoms. The lowest BCUT2D eigenvalue weighted by Gasteiger charge is -2.21. The summed E-state index contributed by atoms with van der Waals surface area (Å²) in [5.74, 6) is -1.53. The summed E-state index contributed by atoms with van der Waals surface area (Å²) < 4.78 is 18.3. The standard InChI is InChI=1S/C12H14FNO3/c13-10-6-9(3-4-11(10)15)14-12(16)8-2-1-5-17-7-8/h3-4,6,8,15H,1-2,5,7H2,(H,14,16). The molecule has 0 saturated carbocycles. The van der Waals surface area contributed by atoms with Crippen LogP contribution in [0.15, 0.2) is 18.2 Å². The highest BCUT2D eigenvalue weighted by molar-refractivity contribution is 5.92. The Kier molecular flexibility index (Phi) is 3.58. The molecule has 1 unspecified atom stereocenters. The number of anilines is 1. The number of ether oxygens (including phenoxy) is 1. The van der Waals surface area contributed by atoms with E-state index in [1.54, 1.807) is 0 Å². The zero-order chi connectivity index (χ0) is 12.3. The van der Waals surface area contributed by atoms with Gasteiger partial charge in [-0.2, -0.15) is 0 Å². The molecule has 0 radical (unpaired) electrons. The minimum absolute atomic E-state index is 0.171. The Hall–Kier alpha value is -1.62. The Morgan fingerprint density at radius 2 is 2.35 bits per heavy atom. The number of benzene rings is 1. The lowest BCUT2D eigenvalue weighted by Crippen LogP contribution is -2.30. The van der Waals surface area contributed by atoms with Crippen LogP contribution in [0.1, 0.15) is 12.8 Å². The zero-order valence-corrected chi connectivity index (χ0v) is 9.28. The number of phenols is 1. The van der Waals surface area contributed by atoms with Crippen LogP contribution in [0, 0.1) is 11.7 Å². The molecule has 1 fully saturated rings. The normalized spacial score (nSPS) is 19.9. The van der Waals surface area contributed by atoms with Crippen LogP contribution in [0.25, 0.3) is 0 Å². The van der Waals surface area contributed by atoms with Gasteiger partial charge in [-0.25, -0.2) is 4.39 Å². The summed E-state index contributed by atoms with van der Waals surface area (Å²) in [6.07, 6.45) is 1.65. The van der Waals surface area contributed by atoms with Gasteiger partial charge in [0.25, 0.3) is 0 Å². The van der Waals surface area contributed by atoms with Gasteiger partial charge in [0.1, 0.15) is 0 Å². The third-order valence-electron chi connectivity index (χ3n) is 2.75. The smallest absolute Gasteiger partial charge is 0.229 e. The van der Waals surface area contributed by atoms with Crippen molar-refractivity contribution < 1.29 is 19.0 Å². The number of amides is 1. The molecule has 1 aromatic rings. The van der Waals surface area contributed by atoms with Crippen LogP contribution in [0.5, 0.6) is 5.75 Å². The zero-order valence-electron chi connectivity index (χ0n) is 9.28. The summed E-state index contributed by atoms with van der Waals surface area (Å²) in [4.78, 5) is 11.8. The molecule has 1 aliphatic heterocycles. The second-order valence-corrected chi connectivity index (χ2v) is 4.07. The highest BCUT2D eigenvalue weighted by Crippen LogP contribution is 2.21. The topological polar surface area (TPSA) is 58.6 Å². The second kappa shape index (κ2) is 5.14. The van der Waals surface area contributed by atoms with Gasteiger partial charge in [-0.15, -0.1) is 0 Å². The Bertz CT molecular complexity index is 416. The molecular formula is C12H14FNO3. The largest absolute Gasteiger partial charge is 0.505 e. The molecule has 0 bridgehead atoms. The van der Waals surface area contributed by atoms with E-state index < -0.39 is 11.6 Å². The Balaban J connectivity index is 1.99. The first-order chi connectivity index (χ1) is 8.16. The van der Waals surface area contributed by atoms with Crippen molar-refractivity contribution >= 4 is 11.6 Å². The van der Waals surface area contributed by atoms with Crippen LogP contribution in [0.2, 0.25) is 0 Å². The fraction of sp³-hybridized carbons (Fsp3) is 0.417. The molecule has 1 aliphatic rings. The van der Waals surface area contributed by atoms with Gasteiger partial charge < -0.3 is 15.2 Å². The summed E-state index contributed by atoms with van der Waals surface area (Å²) in [6.45, 7) is 1.10. The number of aromatic hydroxyl groups is 1. The van der Waals surface area contributed by atoms with Crippen LogP contribution in [0.3, 0.4) is 0 Å². The molecule has 2 N–H and O–H groups in total. The minimum atomic E-state index is -0.748. The quantitative estimate of drug-likeness (QED) is 0.775. The van der Waals surface area contributed by atoms with E-state index in [9.17, 15) is 9.18 Å². The van der Waals surface area contributed by atoms with Crippen molar-refractivity contribution in [1.82, 2.24) is 0 Å². The second-order valence-electron chi connectivity index (χ2n) is 4.07. The van der Waals surface area contributed by atoms with Gasteiger partial charge in [0.2, 0.25) is 5.91 Å². The highest BCUT2D eigenvalue weighted by atomic mass is 19.1. The first-order valence-electron chi connectivity index (χ1n) is 5.54. The van der Waals surface area contributed by atoms with E-state index in [-0.39, 0.29) is 11.8 Å². The molecule has 4 nitrogen and oxygen atoms in total. The van der Waals surface area contributed by atoms with E-state index in [4.69, 9.17) is 9.84 Å². The van der Waals surface area contributed by atoms with Crippen molar-refractivity contribution in [3.05, 3.63) is 24.0 Å².